The van der Waals surface area contributed by atoms with E-state index in [0.29, 0.717) is 5.56 Å². The van der Waals surface area contributed by atoms with E-state index in [1.165, 1.54) is 17.4 Å². The third-order valence-corrected chi connectivity index (χ3v) is 3.93. The molecule has 1 N–H and O–H groups in total. The van der Waals surface area contributed by atoms with E-state index in [-0.39, 0.29) is 5.56 Å². The van der Waals surface area contributed by atoms with Crippen molar-refractivity contribution in [1.82, 2.24) is 10.3 Å². The zero-order chi connectivity index (χ0) is 14.0. The van der Waals surface area contributed by atoms with Gasteiger partial charge in [-0.25, -0.2) is 9.37 Å². The number of carbonyl (C=O) groups is 1. The maximum atomic E-state index is 13.9. The third-order valence-electron chi connectivity index (χ3n) is 2.83. The highest BCUT2D eigenvalue weighted by atomic mass is 32.1. The van der Waals surface area contributed by atoms with Crippen LogP contribution in [0, 0.1) is 12.7 Å². The molecular formula is C14H15FN2OS. The number of nitrogens with one attached hydrogen (secondary N) is 1. The van der Waals surface area contributed by atoms with E-state index in [1.807, 2.05) is 19.2 Å². The molecule has 0 saturated carbocycles. The van der Waals surface area contributed by atoms with Gasteiger partial charge in [0.2, 0.25) is 0 Å². The molecule has 0 radical (unpaired) electrons. The van der Waals surface area contributed by atoms with Crippen LogP contribution in [-0.2, 0) is 5.54 Å². The van der Waals surface area contributed by atoms with E-state index < -0.39 is 17.3 Å². The standard InChI is InChI=1S/C14H15FN2OS/c1-9-5-4-6-10(11(9)15)12(18)17-14(2,3)13-16-7-8-19-13/h4-8H,1-3H3,(H,17,18). The predicted molar refractivity (Wildman–Crippen MR) is 73.7 cm³/mol. The molecule has 0 aliphatic carbocycles. The molecule has 1 aromatic heterocycles. The van der Waals surface area contributed by atoms with Crippen LogP contribution in [0.5, 0.6) is 0 Å². The van der Waals surface area contributed by atoms with Crippen molar-refractivity contribution in [3.8, 4) is 0 Å². The van der Waals surface area contributed by atoms with Crippen molar-refractivity contribution < 1.29 is 9.18 Å². The van der Waals surface area contributed by atoms with E-state index in [4.69, 9.17) is 0 Å². The van der Waals surface area contributed by atoms with Crippen LogP contribution < -0.4 is 5.32 Å². The summed E-state index contributed by atoms with van der Waals surface area (Å²) in [7, 11) is 0. The molecule has 0 unspecified atom stereocenters. The van der Waals surface area contributed by atoms with Gasteiger partial charge in [-0.2, -0.15) is 0 Å². The van der Waals surface area contributed by atoms with Gasteiger partial charge in [-0.15, -0.1) is 11.3 Å². The Labute approximate surface area is 115 Å². The second kappa shape index (κ2) is 5.09. The Kier molecular flexibility index (Phi) is 3.66. The molecule has 0 spiro atoms. The molecule has 0 aliphatic heterocycles. The van der Waals surface area contributed by atoms with Gasteiger partial charge in [-0.1, -0.05) is 12.1 Å². The summed E-state index contributed by atoms with van der Waals surface area (Å²) in [6, 6.07) is 4.79. The van der Waals surface area contributed by atoms with E-state index in [1.54, 1.807) is 25.3 Å². The molecule has 3 nitrogen and oxygen atoms in total. The number of aromatic nitrogens is 1. The molecule has 1 amide bonds. The van der Waals surface area contributed by atoms with Gasteiger partial charge < -0.3 is 5.32 Å². The zero-order valence-corrected chi connectivity index (χ0v) is 11.8. The van der Waals surface area contributed by atoms with Gasteiger partial charge in [0.05, 0.1) is 11.1 Å². The van der Waals surface area contributed by atoms with Crippen LogP contribution in [-0.4, -0.2) is 10.9 Å². The summed E-state index contributed by atoms with van der Waals surface area (Å²) in [5.41, 5.74) is -0.106. The molecule has 0 aliphatic rings. The smallest absolute Gasteiger partial charge is 0.255 e. The topological polar surface area (TPSA) is 42.0 Å². The SMILES string of the molecule is Cc1cccc(C(=O)NC(C)(C)c2nccs2)c1F. The third kappa shape index (κ3) is 2.81. The first-order chi connectivity index (χ1) is 8.92. The average molecular weight is 278 g/mol. The fourth-order valence-electron chi connectivity index (χ4n) is 1.76. The van der Waals surface area contributed by atoms with E-state index >= 15 is 0 Å². The molecule has 1 aromatic carbocycles. The van der Waals surface area contributed by atoms with Crippen LogP contribution in [0.15, 0.2) is 29.8 Å². The second-order valence-electron chi connectivity index (χ2n) is 4.85. The number of rotatable bonds is 3. The summed E-state index contributed by atoms with van der Waals surface area (Å²) >= 11 is 1.45. The molecule has 19 heavy (non-hydrogen) atoms. The Morgan fingerprint density at radius 1 is 1.42 bits per heavy atom. The van der Waals surface area contributed by atoms with Gasteiger partial charge in [0.15, 0.2) is 0 Å². The Balaban J connectivity index is 2.24. The maximum Gasteiger partial charge on any atom is 0.255 e. The van der Waals surface area contributed by atoms with Crippen LogP contribution in [0.1, 0.15) is 34.8 Å². The lowest BCUT2D eigenvalue weighted by Crippen LogP contribution is -2.41. The molecule has 0 saturated heterocycles. The number of thiazole rings is 1. The molecule has 2 aromatic rings. The van der Waals surface area contributed by atoms with Crippen molar-refractivity contribution in [2.24, 2.45) is 0 Å². The number of carbonyl (C=O) groups excluding carboxylic acids is 1. The summed E-state index contributed by atoms with van der Waals surface area (Å²) in [4.78, 5) is 16.3. The monoisotopic (exact) mass is 278 g/mol. The average Bonchev–Trinajstić information content (AvgIpc) is 2.86. The minimum atomic E-state index is -0.624. The summed E-state index contributed by atoms with van der Waals surface area (Å²) in [6.07, 6.45) is 1.68. The lowest BCUT2D eigenvalue weighted by Gasteiger charge is -2.24. The number of benzene rings is 1. The summed E-state index contributed by atoms with van der Waals surface area (Å²) in [6.45, 7) is 5.33. The highest BCUT2D eigenvalue weighted by molar-refractivity contribution is 7.09. The van der Waals surface area contributed by atoms with Crippen molar-refractivity contribution in [1.29, 1.82) is 0 Å². The summed E-state index contributed by atoms with van der Waals surface area (Å²) in [5, 5.41) is 5.44. The molecule has 0 bridgehead atoms. The first-order valence-corrected chi connectivity index (χ1v) is 6.77. The lowest BCUT2D eigenvalue weighted by atomic mass is 10.0. The largest absolute Gasteiger partial charge is 0.341 e. The minimum Gasteiger partial charge on any atom is -0.341 e. The van der Waals surface area contributed by atoms with Crippen molar-refractivity contribution >= 4 is 17.2 Å². The number of hydrogen-bond donors (Lipinski definition) is 1. The number of amides is 1. The Morgan fingerprint density at radius 2 is 2.16 bits per heavy atom. The molecule has 100 valence electrons. The highest BCUT2D eigenvalue weighted by Gasteiger charge is 2.27. The van der Waals surface area contributed by atoms with Gasteiger partial charge in [0.1, 0.15) is 10.8 Å². The fraction of sp³-hybridized carbons (Fsp3) is 0.286. The Bertz CT molecular complexity index is 593. The quantitative estimate of drug-likeness (QED) is 0.936. The van der Waals surface area contributed by atoms with Crippen LogP contribution in [0.4, 0.5) is 4.39 Å². The second-order valence-corrected chi connectivity index (χ2v) is 5.75. The van der Waals surface area contributed by atoms with E-state index in [2.05, 4.69) is 10.3 Å². The highest BCUT2D eigenvalue weighted by Crippen LogP contribution is 2.23. The van der Waals surface area contributed by atoms with Crippen LogP contribution in [0.2, 0.25) is 0 Å². The minimum absolute atomic E-state index is 0.0598. The van der Waals surface area contributed by atoms with Gasteiger partial charge >= 0.3 is 0 Å². The normalized spacial score (nSPS) is 11.4. The van der Waals surface area contributed by atoms with Crippen molar-refractivity contribution in [2.75, 3.05) is 0 Å². The van der Waals surface area contributed by atoms with E-state index in [9.17, 15) is 9.18 Å². The molecular weight excluding hydrogens is 263 g/mol. The van der Waals surface area contributed by atoms with Gasteiger partial charge in [-0.3, -0.25) is 4.79 Å². The van der Waals surface area contributed by atoms with Gasteiger partial charge in [0.25, 0.3) is 5.91 Å². The van der Waals surface area contributed by atoms with Crippen molar-refractivity contribution in [3.05, 3.63) is 51.7 Å². The molecule has 5 heteroatoms. The first kappa shape index (κ1) is 13.7. The zero-order valence-electron chi connectivity index (χ0n) is 11.0. The molecule has 1 heterocycles. The van der Waals surface area contributed by atoms with Crippen LogP contribution in [0.3, 0.4) is 0 Å². The molecule has 0 atom stereocenters. The van der Waals surface area contributed by atoms with E-state index in [0.717, 1.165) is 5.01 Å². The molecule has 2 rings (SSSR count). The lowest BCUT2D eigenvalue weighted by molar-refractivity contribution is 0.0907. The first-order valence-electron chi connectivity index (χ1n) is 5.89. The van der Waals surface area contributed by atoms with Gasteiger partial charge in [-0.05, 0) is 32.4 Å². The fourth-order valence-corrected chi connectivity index (χ4v) is 2.48. The Hall–Kier alpha value is -1.75. The summed E-state index contributed by atoms with van der Waals surface area (Å²) < 4.78 is 13.9. The summed E-state index contributed by atoms with van der Waals surface area (Å²) in [5.74, 6) is -0.906. The maximum absolute atomic E-state index is 13.9. The van der Waals surface area contributed by atoms with Crippen LogP contribution >= 0.6 is 11.3 Å². The number of aryl methyl sites for hydroxylation is 1. The number of halogens is 1. The Morgan fingerprint density at radius 3 is 2.79 bits per heavy atom. The molecule has 0 fully saturated rings. The van der Waals surface area contributed by atoms with Crippen molar-refractivity contribution in [3.63, 3.8) is 0 Å². The number of nitrogens with zero attached hydrogens (tertiary/aromatic N) is 1. The number of hydrogen-bond acceptors (Lipinski definition) is 3. The predicted octanol–water partition coefficient (Wildman–Crippen LogP) is 3.26. The van der Waals surface area contributed by atoms with Crippen molar-refractivity contribution in [2.45, 2.75) is 26.3 Å². The van der Waals surface area contributed by atoms with Crippen LogP contribution in [0.25, 0.3) is 0 Å². The van der Waals surface area contributed by atoms with Gasteiger partial charge in [0, 0.05) is 11.6 Å².